The van der Waals surface area contributed by atoms with Crippen molar-refractivity contribution in [3.63, 3.8) is 0 Å². The third-order valence-corrected chi connectivity index (χ3v) is 6.17. The lowest BCUT2D eigenvalue weighted by Gasteiger charge is -2.18. The summed E-state index contributed by atoms with van der Waals surface area (Å²) < 4.78 is 26.5. The number of hydrogen-bond acceptors (Lipinski definition) is 5. The van der Waals surface area contributed by atoms with Gasteiger partial charge in [0, 0.05) is 32.5 Å². The van der Waals surface area contributed by atoms with Crippen LogP contribution in [0, 0.1) is 5.92 Å². The first-order valence-electron chi connectivity index (χ1n) is 7.50. The van der Waals surface area contributed by atoms with E-state index in [0.29, 0.717) is 25.2 Å². The maximum atomic E-state index is 12.6. The fourth-order valence-corrected chi connectivity index (χ4v) is 4.48. The molecular weight excluding hydrogens is 320 g/mol. The molecule has 0 radical (unpaired) electrons. The van der Waals surface area contributed by atoms with Gasteiger partial charge in [0.2, 0.25) is 21.8 Å². The van der Waals surface area contributed by atoms with Gasteiger partial charge >= 0.3 is 0 Å². The highest BCUT2D eigenvalue weighted by Gasteiger charge is 2.33. The SMILES string of the molecule is O=C1CCC(=O)N1c1ccc(S(=O)(=O)N2CCC(CO)C2)cc1. The Morgan fingerprint density at radius 2 is 1.70 bits per heavy atom. The van der Waals surface area contributed by atoms with Gasteiger partial charge < -0.3 is 5.11 Å². The monoisotopic (exact) mass is 338 g/mol. The Morgan fingerprint density at radius 3 is 2.22 bits per heavy atom. The van der Waals surface area contributed by atoms with Crippen LogP contribution >= 0.6 is 0 Å². The van der Waals surface area contributed by atoms with Gasteiger partial charge in [-0.25, -0.2) is 8.42 Å². The van der Waals surface area contributed by atoms with Crippen molar-refractivity contribution >= 4 is 27.5 Å². The third kappa shape index (κ3) is 2.89. The van der Waals surface area contributed by atoms with E-state index >= 15 is 0 Å². The molecule has 3 rings (SSSR count). The number of carbonyl (C=O) groups is 2. The lowest BCUT2D eigenvalue weighted by atomic mass is 10.1. The Bertz CT molecular complexity index is 713. The molecule has 2 heterocycles. The molecule has 124 valence electrons. The molecule has 1 aromatic rings. The van der Waals surface area contributed by atoms with E-state index in [-0.39, 0.29) is 42.1 Å². The molecule has 0 saturated carbocycles. The summed E-state index contributed by atoms with van der Waals surface area (Å²) in [5.41, 5.74) is 0.395. The van der Waals surface area contributed by atoms with Gasteiger partial charge in [-0.3, -0.25) is 14.5 Å². The van der Waals surface area contributed by atoms with Gasteiger partial charge in [0.1, 0.15) is 0 Å². The summed E-state index contributed by atoms with van der Waals surface area (Å²) in [6.45, 7) is 0.673. The molecule has 1 aromatic carbocycles. The van der Waals surface area contributed by atoms with E-state index in [9.17, 15) is 18.0 Å². The summed E-state index contributed by atoms with van der Waals surface area (Å²) in [5.74, 6) is -0.559. The summed E-state index contributed by atoms with van der Waals surface area (Å²) in [6, 6.07) is 5.78. The first kappa shape index (κ1) is 16.1. The average Bonchev–Trinajstić information content (AvgIpc) is 3.15. The molecular formula is C15H18N2O5S. The molecule has 0 aromatic heterocycles. The Morgan fingerprint density at radius 1 is 1.09 bits per heavy atom. The van der Waals surface area contributed by atoms with E-state index in [0.717, 1.165) is 4.90 Å². The Labute approximate surface area is 134 Å². The Hall–Kier alpha value is -1.77. The minimum atomic E-state index is -3.62. The van der Waals surface area contributed by atoms with Crippen LogP contribution in [-0.2, 0) is 19.6 Å². The minimum Gasteiger partial charge on any atom is -0.396 e. The smallest absolute Gasteiger partial charge is 0.243 e. The largest absolute Gasteiger partial charge is 0.396 e. The highest BCUT2D eigenvalue weighted by Crippen LogP contribution is 2.27. The van der Waals surface area contributed by atoms with Gasteiger partial charge in [-0.1, -0.05) is 0 Å². The van der Waals surface area contributed by atoms with Gasteiger partial charge in [-0.05, 0) is 36.6 Å². The van der Waals surface area contributed by atoms with E-state index in [1.807, 2.05) is 0 Å². The van der Waals surface area contributed by atoms with Crippen molar-refractivity contribution < 1.29 is 23.1 Å². The highest BCUT2D eigenvalue weighted by atomic mass is 32.2. The molecule has 1 unspecified atom stereocenters. The van der Waals surface area contributed by atoms with Gasteiger partial charge in [0.25, 0.3) is 0 Å². The molecule has 1 N–H and O–H groups in total. The van der Waals surface area contributed by atoms with Gasteiger partial charge in [0.15, 0.2) is 0 Å². The van der Waals surface area contributed by atoms with Crippen LogP contribution < -0.4 is 4.90 Å². The molecule has 7 nitrogen and oxygen atoms in total. The molecule has 2 amide bonds. The number of sulfonamides is 1. The van der Waals surface area contributed by atoms with Crippen molar-refractivity contribution in [2.24, 2.45) is 5.92 Å². The van der Waals surface area contributed by atoms with E-state index < -0.39 is 10.0 Å². The normalized spacial score (nSPS) is 23.0. The van der Waals surface area contributed by atoms with Crippen molar-refractivity contribution in [1.82, 2.24) is 4.31 Å². The number of anilines is 1. The fraction of sp³-hybridized carbons (Fsp3) is 0.467. The summed E-state index contributed by atoms with van der Waals surface area (Å²) in [7, 11) is -3.62. The van der Waals surface area contributed by atoms with Crippen LogP contribution in [0.5, 0.6) is 0 Å². The molecule has 2 saturated heterocycles. The zero-order valence-electron chi connectivity index (χ0n) is 12.5. The first-order chi connectivity index (χ1) is 10.9. The number of nitrogens with zero attached hydrogens (tertiary/aromatic N) is 2. The van der Waals surface area contributed by atoms with E-state index in [1.165, 1.54) is 28.6 Å². The second-order valence-electron chi connectivity index (χ2n) is 5.82. The topological polar surface area (TPSA) is 95.0 Å². The maximum Gasteiger partial charge on any atom is 0.243 e. The fourth-order valence-electron chi connectivity index (χ4n) is 2.95. The summed E-state index contributed by atoms with van der Waals surface area (Å²) in [4.78, 5) is 24.6. The second-order valence-corrected chi connectivity index (χ2v) is 7.76. The van der Waals surface area contributed by atoms with Crippen LogP contribution in [0.15, 0.2) is 29.2 Å². The zero-order valence-corrected chi connectivity index (χ0v) is 13.3. The van der Waals surface area contributed by atoms with Crippen LogP contribution in [0.3, 0.4) is 0 Å². The van der Waals surface area contributed by atoms with Crippen LogP contribution in [0.4, 0.5) is 5.69 Å². The third-order valence-electron chi connectivity index (χ3n) is 4.29. The van der Waals surface area contributed by atoms with Crippen molar-refractivity contribution in [2.45, 2.75) is 24.2 Å². The number of hydrogen-bond donors (Lipinski definition) is 1. The van der Waals surface area contributed by atoms with Crippen LogP contribution in [-0.4, -0.2) is 49.3 Å². The molecule has 8 heteroatoms. The maximum absolute atomic E-state index is 12.6. The Kier molecular flexibility index (Phi) is 4.22. The lowest BCUT2D eigenvalue weighted by molar-refractivity contribution is -0.121. The molecule has 2 fully saturated rings. The zero-order chi connectivity index (χ0) is 16.6. The number of carbonyl (C=O) groups excluding carboxylic acids is 2. The molecule has 2 aliphatic heterocycles. The van der Waals surface area contributed by atoms with Crippen LogP contribution in [0.2, 0.25) is 0 Å². The number of rotatable bonds is 4. The van der Waals surface area contributed by atoms with Crippen molar-refractivity contribution in [3.8, 4) is 0 Å². The van der Waals surface area contributed by atoms with E-state index in [2.05, 4.69) is 0 Å². The average molecular weight is 338 g/mol. The number of aliphatic hydroxyl groups excluding tert-OH is 1. The summed E-state index contributed by atoms with van der Waals surface area (Å²) in [6.07, 6.45) is 1.02. The standard InChI is InChI=1S/C15H18N2O5S/c18-10-11-7-8-16(9-11)23(21,22)13-3-1-12(2-4-13)17-14(19)5-6-15(17)20/h1-4,11,18H,5-10H2. The van der Waals surface area contributed by atoms with Gasteiger partial charge in [-0.15, -0.1) is 0 Å². The summed E-state index contributed by atoms with van der Waals surface area (Å²) in [5, 5.41) is 9.14. The van der Waals surface area contributed by atoms with Gasteiger partial charge in [-0.2, -0.15) is 4.31 Å². The van der Waals surface area contributed by atoms with E-state index in [4.69, 9.17) is 5.11 Å². The quantitative estimate of drug-likeness (QED) is 0.799. The highest BCUT2D eigenvalue weighted by molar-refractivity contribution is 7.89. The number of amides is 2. The Balaban J connectivity index is 1.82. The van der Waals surface area contributed by atoms with Crippen molar-refractivity contribution in [1.29, 1.82) is 0 Å². The number of aliphatic hydroxyl groups is 1. The molecule has 23 heavy (non-hydrogen) atoms. The van der Waals surface area contributed by atoms with Crippen LogP contribution in [0.1, 0.15) is 19.3 Å². The predicted octanol–water partition coefficient (Wildman–Crippen LogP) is 0.343. The first-order valence-corrected chi connectivity index (χ1v) is 8.94. The van der Waals surface area contributed by atoms with Crippen molar-refractivity contribution in [3.05, 3.63) is 24.3 Å². The second kappa shape index (κ2) is 6.03. The van der Waals surface area contributed by atoms with E-state index in [1.54, 1.807) is 0 Å². The molecule has 2 aliphatic rings. The van der Waals surface area contributed by atoms with Crippen molar-refractivity contribution in [2.75, 3.05) is 24.6 Å². The molecule has 0 bridgehead atoms. The predicted molar refractivity (Wildman–Crippen MR) is 82.1 cm³/mol. The molecule has 0 spiro atoms. The van der Waals surface area contributed by atoms with Crippen LogP contribution in [0.25, 0.3) is 0 Å². The lowest BCUT2D eigenvalue weighted by Crippen LogP contribution is -2.30. The molecule has 0 aliphatic carbocycles. The summed E-state index contributed by atoms with van der Waals surface area (Å²) >= 11 is 0. The van der Waals surface area contributed by atoms with Gasteiger partial charge in [0.05, 0.1) is 10.6 Å². The number of benzene rings is 1. The number of imide groups is 1. The molecule has 1 atom stereocenters. The minimum absolute atomic E-state index is 0.0237.